The zero-order valence-corrected chi connectivity index (χ0v) is 22.1. The second-order valence-electron chi connectivity index (χ2n) is 10.7. The van der Waals surface area contributed by atoms with Crippen molar-refractivity contribution < 1.29 is 4.74 Å². The van der Waals surface area contributed by atoms with E-state index in [2.05, 4.69) is 56.0 Å². The fourth-order valence-corrected chi connectivity index (χ4v) is 4.61. The quantitative estimate of drug-likeness (QED) is 0.290. The monoisotopic (exact) mass is 502 g/mol. The van der Waals surface area contributed by atoms with Crippen LogP contribution >= 0.6 is 0 Å². The van der Waals surface area contributed by atoms with E-state index in [4.69, 9.17) is 21.2 Å². The number of para-hydroxylation sites is 1. The first kappa shape index (κ1) is 25.5. The Balaban J connectivity index is 1.50. The van der Waals surface area contributed by atoms with Crippen molar-refractivity contribution in [2.45, 2.75) is 37.8 Å². The first-order chi connectivity index (χ1) is 18.2. The van der Waals surface area contributed by atoms with Crippen LogP contribution in [0.2, 0.25) is 0 Å². The molecule has 2 atom stereocenters. The molecule has 0 saturated heterocycles. The van der Waals surface area contributed by atoms with E-state index in [9.17, 15) is 0 Å². The molecule has 0 spiro atoms. The lowest BCUT2D eigenvalue weighted by Crippen LogP contribution is -2.50. The molecule has 2 unspecified atom stereocenters. The maximum atomic E-state index is 6.69. The highest BCUT2D eigenvalue weighted by atomic mass is 16.5. The average molecular weight is 503 g/mol. The SMILES string of the molecule is CC(C)(C)c1ccnc(N(c2ccccc2)c2cccc(Oc3cccc(C4(N)C=CC=CC4N)c3)c2)c1. The highest BCUT2D eigenvalue weighted by Crippen LogP contribution is 2.38. The molecule has 5 rings (SSSR count). The van der Waals surface area contributed by atoms with E-state index in [-0.39, 0.29) is 11.5 Å². The second-order valence-corrected chi connectivity index (χ2v) is 10.7. The van der Waals surface area contributed by atoms with Crippen molar-refractivity contribution in [1.29, 1.82) is 0 Å². The van der Waals surface area contributed by atoms with E-state index < -0.39 is 5.54 Å². The molecule has 38 heavy (non-hydrogen) atoms. The third-order valence-electron chi connectivity index (χ3n) is 6.85. The van der Waals surface area contributed by atoms with Gasteiger partial charge < -0.3 is 16.2 Å². The van der Waals surface area contributed by atoms with Crippen LogP contribution in [0.15, 0.2) is 121 Å². The van der Waals surface area contributed by atoms with Crippen molar-refractivity contribution in [3.63, 3.8) is 0 Å². The van der Waals surface area contributed by atoms with E-state index in [1.165, 1.54) is 5.56 Å². The van der Waals surface area contributed by atoms with Gasteiger partial charge in [0.15, 0.2) is 0 Å². The zero-order valence-electron chi connectivity index (χ0n) is 22.1. The van der Waals surface area contributed by atoms with Gasteiger partial charge in [0.1, 0.15) is 17.3 Å². The predicted octanol–water partition coefficient (Wildman–Crippen LogP) is 7.25. The zero-order chi connectivity index (χ0) is 26.8. The van der Waals surface area contributed by atoms with Crippen LogP contribution in [-0.4, -0.2) is 11.0 Å². The molecule has 4 aromatic rings. The van der Waals surface area contributed by atoms with Crippen LogP contribution in [-0.2, 0) is 11.0 Å². The average Bonchev–Trinajstić information content (AvgIpc) is 2.91. The van der Waals surface area contributed by atoms with Crippen molar-refractivity contribution in [3.05, 3.63) is 133 Å². The van der Waals surface area contributed by atoms with Crippen LogP contribution in [0.3, 0.4) is 0 Å². The highest BCUT2D eigenvalue weighted by Gasteiger charge is 2.32. The lowest BCUT2D eigenvalue weighted by atomic mass is 9.81. The summed E-state index contributed by atoms with van der Waals surface area (Å²) in [6, 6.07) is 30.0. The lowest BCUT2D eigenvalue weighted by Gasteiger charge is -2.33. The van der Waals surface area contributed by atoms with Crippen LogP contribution in [0, 0.1) is 0 Å². The Labute approximate surface area is 225 Å². The Kier molecular flexibility index (Phi) is 6.89. The Morgan fingerprint density at radius 2 is 1.53 bits per heavy atom. The number of aromatic nitrogens is 1. The Morgan fingerprint density at radius 1 is 0.816 bits per heavy atom. The molecule has 3 aromatic carbocycles. The summed E-state index contributed by atoms with van der Waals surface area (Å²) in [5, 5.41) is 0. The molecular weight excluding hydrogens is 468 g/mol. The molecule has 0 bridgehead atoms. The molecule has 0 saturated carbocycles. The third kappa shape index (κ3) is 5.25. The molecule has 1 aliphatic rings. The molecule has 0 aliphatic heterocycles. The molecule has 1 aliphatic carbocycles. The Morgan fingerprint density at radius 3 is 2.26 bits per heavy atom. The summed E-state index contributed by atoms with van der Waals surface area (Å²) >= 11 is 0. The Hall–Kier alpha value is -4.19. The lowest BCUT2D eigenvalue weighted by molar-refractivity contribution is 0.468. The van der Waals surface area contributed by atoms with Crippen LogP contribution in [0.1, 0.15) is 31.9 Å². The van der Waals surface area contributed by atoms with Gasteiger partial charge >= 0.3 is 0 Å². The molecule has 5 nitrogen and oxygen atoms in total. The van der Waals surface area contributed by atoms with Gasteiger partial charge in [0.25, 0.3) is 0 Å². The van der Waals surface area contributed by atoms with Gasteiger partial charge in [-0.05, 0) is 65.1 Å². The van der Waals surface area contributed by atoms with E-state index in [1.807, 2.05) is 91.2 Å². The first-order valence-electron chi connectivity index (χ1n) is 12.8. The molecule has 0 amide bonds. The summed E-state index contributed by atoms with van der Waals surface area (Å²) in [6.45, 7) is 6.62. The van der Waals surface area contributed by atoms with Gasteiger partial charge in [-0.1, -0.05) is 81.5 Å². The largest absolute Gasteiger partial charge is 0.457 e. The number of nitrogens with two attached hydrogens (primary N) is 2. The third-order valence-corrected chi connectivity index (χ3v) is 6.85. The van der Waals surface area contributed by atoms with Crippen LogP contribution in [0.4, 0.5) is 17.2 Å². The van der Waals surface area contributed by atoms with Gasteiger partial charge in [0, 0.05) is 24.0 Å². The normalized spacial score (nSPS) is 18.8. The smallest absolute Gasteiger partial charge is 0.137 e. The minimum absolute atomic E-state index is 0.00221. The van der Waals surface area contributed by atoms with Crippen molar-refractivity contribution in [2.24, 2.45) is 11.5 Å². The van der Waals surface area contributed by atoms with Crippen molar-refractivity contribution in [2.75, 3.05) is 4.90 Å². The minimum Gasteiger partial charge on any atom is -0.457 e. The summed E-state index contributed by atoms with van der Waals surface area (Å²) in [5.74, 6) is 2.25. The van der Waals surface area contributed by atoms with Crippen molar-refractivity contribution >= 4 is 17.2 Å². The molecule has 5 heteroatoms. The summed E-state index contributed by atoms with van der Waals surface area (Å²) < 4.78 is 6.35. The molecular formula is C33H34N4O. The van der Waals surface area contributed by atoms with Crippen LogP contribution < -0.4 is 21.1 Å². The van der Waals surface area contributed by atoms with E-state index >= 15 is 0 Å². The van der Waals surface area contributed by atoms with E-state index in [1.54, 1.807) is 0 Å². The number of rotatable bonds is 6. The summed E-state index contributed by atoms with van der Waals surface area (Å²) in [5.41, 5.74) is 16.3. The molecule has 0 fully saturated rings. The van der Waals surface area contributed by atoms with Gasteiger partial charge in [-0.2, -0.15) is 0 Å². The fourth-order valence-electron chi connectivity index (χ4n) is 4.61. The number of allylic oxidation sites excluding steroid dienone is 2. The Bertz CT molecular complexity index is 1470. The predicted molar refractivity (Wildman–Crippen MR) is 156 cm³/mol. The molecule has 4 N–H and O–H groups in total. The van der Waals surface area contributed by atoms with E-state index in [0.29, 0.717) is 11.5 Å². The van der Waals surface area contributed by atoms with Gasteiger partial charge in [-0.3, -0.25) is 4.90 Å². The topological polar surface area (TPSA) is 77.4 Å². The minimum atomic E-state index is -0.788. The summed E-state index contributed by atoms with van der Waals surface area (Å²) in [7, 11) is 0. The number of pyridine rings is 1. The number of anilines is 3. The van der Waals surface area contributed by atoms with Gasteiger partial charge in [-0.15, -0.1) is 0 Å². The number of hydrogen-bond donors (Lipinski definition) is 2. The maximum Gasteiger partial charge on any atom is 0.137 e. The standard InChI is InChI=1S/C33H34N4O/c1-32(2,3)24-18-20-36-31(22-24)37(26-12-5-4-6-13-26)27-14-10-16-29(23-27)38-28-15-9-11-25(21-28)33(35)19-8-7-17-30(33)34/h4-23,30H,34-35H2,1-3H3. The van der Waals surface area contributed by atoms with Crippen molar-refractivity contribution in [1.82, 2.24) is 4.98 Å². The number of ether oxygens (including phenoxy) is 1. The number of benzene rings is 3. The summed E-state index contributed by atoms with van der Waals surface area (Å²) in [4.78, 5) is 6.89. The summed E-state index contributed by atoms with van der Waals surface area (Å²) in [6.07, 6.45) is 9.58. The number of nitrogens with zero attached hydrogens (tertiary/aromatic N) is 2. The molecule has 192 valence electrons. The van der Waals surface area contributed by atoms with Crippen LogP contribution in [0.5, 0.6) is 11.5 Å². The van der Waals surface area contributed by atoms with Crippen molar-refractivity contribution in [3.8, 4) is 11.5 Å². The maximum absolute atomic E-state index is 6.69. The number of hydrogen-bond acceptors (Lipinski definition) is 5. The highest BCUT2D eigenvalue weighted by molar-refractivity contribution is 5.75. The van der Waals surface area contributed by atoms with E-state index in [0.717, 1.165) is 22.8 Å². The van der Waals surface area contributed by atoms with Gasteiger partial charge in [-0.25, -0.2) is 4.98 Å². The van der Waals surface area contributed by atoms with Gasteiger partial charge in [0.2, 0.25) is 0 Å². The first-order valence-corrected chi connectivity index (χ1v) is 12.8. The van der Waals surface area contributed by atoms with Gasteiger partial charge in [0.05, 0.1) is 11.2 Å². The fraction of sp³-hybridized carbons (Fsp3) is 0.182. The molecule has 1 aromatic heterocycles. The second kappa shape index (κ2) is 10.3. The molecule has 1 heterocycles. The molecule has 0 radical (unpaired) electrons. The van der Waals surface area contributed by atoms with Crippen LogP contribution in [0.25, 0.3) is 0 Å².